The number of nitrogens with one attached hydrogen (secondary N) is 1. The average molecular weight is 304 g/mol. The fourth-order valence-electron chi connectivity index (χ4n) is 2.37. The lowest BCUT2D eigenvalue weighted by molar-refractivity contribution is -0.129. The number of amides is 1. The van der Waals surface area contributed by atoms with Gasteiger partial charge >= 0.3 is 0 Å². The lowest BCUT2D eigenvalue weighted by atomic mass is 10.0. The predicted molar refractivity (Wildman–Crippen MR) is 78.5 cm³/mol. The lowest BCUT2D eigenvalue weighted by Crippen LogP contribution is -2.26. The molecule has 108 valence electrons. The molecule has 0 fully saturated rings. The molecule has 4 nitrogen and oxygen atoms in total. The van der Waals surface area contributed by atoms with Crippen molar-refractivity contribution in [1.29, 1.82) is 0 Å². The summed E-state index contributed by atoms with van der Waals surface area (Å²) < 4.78 is 15.0. The molecule has 6 heteroatoms. The number of hydrogen-bond donors (Lipinski definition) is 2. The molecule has 2 aromatic rings. The Hall–Kier alpha value is -2.05. The van der Waals surface area contributed by atoms with Gasteiger partial charge in [0.1, 0.15) is 5.82 Å². The average Bonchev–Trinajstić information content (AvgIpc) is 2.87. The molecular weight excluding hydrogens is 291 g/mol. The summed E-state index contributed by atoms with van der Waals surface area (Å²) in [5, 5.41) is 8.76. The number of carbonyl (C=O) groups excluding carboxylic acids is 1. The second kappa shape index (κ2) is 5.75. The second-order valence-corrected chi connectivity index (χ2v) is 5.70. The summed E-state index contributed by atoms with van der Waals surface area (Å²) in [6.45, 7) is 0. The van der Waals surface area contributed by atoms with Crippen molar-refractivity contribution < 1.29 is 14.4 Å². The van der Waals surface area contributed by atoms with E-state index in [0.29, 0.717) is 0 Å². The highest BCUT2D eigenvalue weighted by molar-refractivity contribution is 8.01. The van der Waals surface area contributed by atoms with Crippen molar-refractivity contribution in [3.05, 3.63) is 59.9 Å². The van der Waals surface area contributed by atoms with E-state index in [0.717, 1.165) is 16.1 Å². The molecule has 0 aliphatic carbocycles. The summed E-state index contributed by atoms with van der Waals surface area (Å²) in [6, 6.07) is 13.7. The maximum Gasteiger partial charge on any atom is 0.245 e. The quantitative estimate of drug-likeness (QED) is 0.519. The number of nitrogens with zero attached hydrogens (tertiary/aromatic N) is 1. The normalized spacial score (nSPS) is 16.7. The Labute approximate surface area is 125 Å². The van der Waals surface area contributed by atoms with Crippen LogP contribution in [0.25, 0.3) is 0 Å². The van der Waals surface area contributed by atoms with Gasteiger partial charge in [-0.1, -0.05) is 18.2 Å². The number of anilines is 1. The molecule has 1 aliphatic heterocycles. The van der Waals surface area contributed by atoms with E-state index < -0.39 is 5.91 Å². The molecule has 0 spiro atoms. The number of fused-ring (bicyclic) bond motifs is 1. The van der Waals surface area contributed by atoms with Crippen molar-refractivity contribution in [3.63, 3.8) is 0 Å². The maximum atomic E-state index is 13.1. The smallest absolute Gasteiger partial charge is 0.245 e. The van der Waals surface area contributed by atoms with Crippen molar-refractivity contribution in [2.45, 2.75) is 17.4 Å². The molecule has 3 rings (SSSR count). The van der Waals surface area contributed by atoms with Crippen molar-refractivity contribution in [1.82, 2.24) is 5.48 Å². The Balaban J connectivity index is 1.96. The van der Waals surface area contributed by atoms with Crippen LogP contribution in [0, 0.1) is 5.82 Å². The number of rotatable bonds is 3. The number of benzene rings is 2. The Morgan fingerprint density at radius 3 is 2.67 bits per heavy atom. The number of halogens is 1. The van der Waals surface area contributed by atoms with Gasteiger partial charge in [0.05, 0.1) is 12.5 Å². The molecule has 1 atom stereocenters. The second-order valence-electron chi connectivity index (χ2n) is 4.69. The highest BCUT2D eigenvalue weighted by Crippen LogP contribution is 2.48. The first-order chi connectivity index (χ1) is 10.2. The van der Waals surface area contributed by atoms with Crippen LogP contribution < -0.4 is 9.79 Å². The van der Waals surface area contributed by atoms with Gasteiger partial charge in [0.15, 0.2) is 0 Å². The van der Waals surface area contributed by atoms with Gasteiger partial charge < -0.3 is 4.31 Å². The topological polar surface area (TPSA) is 52.6 Å². The molecular formula is C15H13FN2O2S. The van der Waals surface area contributed by atoms with E-state index in [1.165, 1.54) is 24.1 Å². The Morgan fingerprint density at radius 2 is 1.95 bits per heavy atom. The third-order valence-electron chi connectivity index (χ3n) is 3.34. The highest BCUT2D eigenvalue weighted by Gasteiger charge is 2.33. The maximum absolute atomic E-state index is 13.1. The summed E-state index contributed by atoms with van der Waals surface area (Å²) in [5.41, 5.74) is 3.51. The van der Waals surface area contributed by atoms with E-state index in [1.807, 2.05) is 28.6 Å². The van der Waals surface area contributed by atoms with E-state index in [1.54, 1.807) is 17.6 Å². The fraction of sp³-hybridized carbons (Fsp3) is 0.133. The van der Waals surface area contributed by atoms with Gasteiger partial charge in [-0.15, -0.1) is 0 Å². The van der Waals surface area contributed by atoms with E-state index in [2.05, 4.69) is 0 Å². The summed E-state index contributed by atoms with van der Waals surface area (Å²) in [6.07, 6.45) is 0.123. The lowest BCUT2D eigenvalue weighted by Gasteiger charge is -2.25. The van der Waals surface area contributed by atoms with Crippen LogP contribution >= 0.6 is 11.9 Å². The Kier molecular flexibility index (Phi) is 3.81. The van der Waals surface area contributed by atoms with E-state index in [9.17, 15) is 9.18 Å². The largest absolute Gasteiger partial charge is 0.304 e. The van der Waals surface area contributed by atoms with Gasteiger partial charge in [-0.25, -0.2) is 9.87 Å². The monoisotopic (exact) mass is 304 g/mol. The highest BCUT2D eigenvalue weighted by atomic mass is 32.2. The summed E-state index contributed by atoms with van der Waals surface area (Å²) >= 11 is 1.50. The zero-order valence-electron chi connectivity index (χ0n) is 11.0. The molecule has 0 aromatic heterocycles. The SMILES string of the molecule is O=C(CC1c2ccccc2SN1c1ccc(F)cc1)NO. The van der Waals surface area contributed by atoms with E-state index in [-0.39, 0.29) is 18.3 Å². The Morgan fingerprint density at radius 1 is 1.24 bits per heavy atom. The minimum Gasteiger partial charge on any atom is -0.304 e. The van der Waals surface area contributed by atoms with Crippen LogP contribution in [-0.2, 0) is 4.79 Å². The van der Waals surface area contributed by atoms with Crippen LogP contribution in [0.3, 0.4) is 0 Å². The molecule has 1 unspecified atom stereocenters. The minimum absolute atomic E-state index is 0.123. The first-order valence-electron chi connectivity index (χ1n) is 6.43. The van der Waals surface area contributed by atoms with Crippen LogP contribution in [0.1, 0.15) is 18.0 Å². The van der Waals surface area contributed by atoms with Crippen LogP contribution in [0.2, 0.25) is 0 Å². The van der Waals surface area contributed by atoms with Crippen molar-refractivity contribution in [2.24, 2.45) is 0 Å². The van der Waals surface area contributed by atoms with Crippen LogP contribution in [-0.4, -0.2) is 11.1 Å². The molecule has 2 aromatic carbocycles. The van der Waals surface area contributed by atoms with E-state index >= 15 is 0 Å². The summed E-state index contributed by atoms with van der Waals surface area (Å²) in [7, 11) is 0. The summed E-state index contributed by atoms with van der Waals surface area (Å²) in [4.78, 5) is 12.6. The van der Waals surface area contributed by atoms with Gasteiger partial charge in [0.2, 0.25) is 5.91 Å². The molecule has 0 radical (unpaired) electrons. The molecule has 1 amide bonds. The third-order valence-corrected chi connectivity index (χ3v) is 4.57. The molecule has 21 heavy (non-hydrogen) atoms. The van der Waals surface area contributed by atoms with Crippen LogP contribution in [0.15, 0.2) is 53.4 Å². The van der Waals surface area contributed by atoms with Crippen LogP contribution in [0.5, 0.6) is 0 Å². The summed E-state index contributed by atoms with van der Waals surface area (Å²) in [5.74, 6) is -0.755. The van der Waals surface area contributed by atoms with E-state index in [4.69, 9.17) is 5.21 Å². The molecule has 0 saturated carbocycles. The van der Waals surface area contributed by atoms with Gasteiger partial charge in [0.25, 0.3) is 0 Å². The number of hydrogen-bond acceptors (Lipinski definition) is 4. The number of carbonyl (C=O) groups is 1. The van der Waals surface area contributed by atoms with Crippen LogP contribution in [0.4, 0.5) is 10.1 Å². The van der Waals surface area contributed by atoms with Crippen molar-refractivity contribution >= 4 is 23.5 Å². The predicted octanol–water partition coefficient (Wildman–Crippen LogP) is 3.29. The Bertz CT molecular complexity index is 663. The number of hydroxylamine groups is 1. The first-order valence-corrected chi connectivity index (χ1v) is 7.21. The zero-order chi connectivity index (χ0) is 14.8. The van der Waals surface area contributed by atoms with Gasteiger partial charge in [-0.3, -0.25) is 10.0 Å². The van der Waals surface area contributed by atoms with Crippen molar-refractivity contribution in [2.75, 3.05) is 4.31 Å². The molecule has 0 bridgehead atoms. The van der Waals surface area contributed by atoms with Crippen molar-refractivity contribution in [3.8, 4) is 0 Å². The molecule has 0 saturated heterocycles. The standard InChI is InChI=1S/C15H13FN2O2S/c16-10-5-7-11(8-6-10)18-13(9-15(19)17-20)12-3-1-2-4-14(12)21-18/h1-8,13,20H,9H2,(H,17,19). The first kappa shape index (κ1) is 13.9. The molecule has 1 heterocycles. The van der Waals surface area contributed by atoms with Gasteiger partial charge in [-0.05, 0) is 47.8 Å². The fourth-order valence-corrected chi connectivity index (χ4v) is 3.57. The van der Waals surface area contributed by atoms with Gasteiger partial charge in [-0.2, -0.15) is 0 Å². The molecule has 2 N–H and O–H groups in total. The third kappa shape index (κ3) is 2.72. The minimum atomic E-state index is -0.454. The van der Waals surface area contributed by atoms with Gasteiger partial charge in [0, 0.05) is 10.6 Å². The molecule has 1 aliphatic rings. The zero-order valence-corrected chi connectivity index (χ0v) is 11.8.